The minimum atomic E-state index is -0.190. The Balaban J connectivity index is 1.21. The van der Waals surface area contributed by atoms with E-state index in [4.69, 9.17) is 4.42 Å². The molecule has 1 saturated carbocycles. The van der Waals surface area contributed by atoms with Crippen LogP contribution in [0.15, 0.2) is 162 Å². The Hall–Kier alpha value is -6.98. The maximum absolute atomic E-state index is 7.33. The fourth-order valence-electron chi connectivity index (χ4n) is 14.1. The molecule has 77 heavy (non-hydrogen) atoms. The minimum absolute atomic E-state index is 0.00735. The van der Waals surface area contributed by atoms with Crippen LogP contribution in [0.4, 0.5) is 45.5 Å². The second-order valence-electron chi connectivity index (χ2n) is 27.8. The van der Waals surface area contributed by atoms with Crippen molar-refractivity contribution in [2.24, 2.45) is 0 Å². The van der Waals surface area contributed by atoms with Crippen molar-refractivity contribution in [1.82, 2.24) is 0 Å². The lowest BCUT2D eigenvalue weighted by molar-refractivity contribution is 0.195. The van der Waals surface area contributed by atoms with Crippen LogP contribution in [0.2, 0.25) is 0 Å². The summed E-state index contributed by atoms with van der Waals surface area (Å²) >= 11 is 0. The summed E-state index contributed by atoms with van der Waals surface area (Å²) in [6.07, 6.45) is 4.68. The number of furan rings is 1. The summed E-state index contributed by atoms with van der Waals surface area (Å²) < 4.78 is 7.33. The first-order valence-corrected chi connectivity index (χ1v) is 28.6. The van der Waals surface area contributed by atoms with Crippen LogP contribution >= 0.6 is 0 Å². The molecular weight excluding hydrogens is 934 g/mol. The summed E-state index contributed by atoms with van der Waals surface area (Å²) in [6.45, 7) is 33.2. The Morgan fingerprint density at radius 2 is 1.03 bits per heavy atom. The maximum atomic E-state index is 7.33. The highest BCUT2D eigenvalue weighted by Crippen LogP contribution is 2.62. The summed E-state index contributed by atoms with van der Waals surface area (Å²) in [5.74, 6) is 0. The number of nitrogens with zero attached hydrogens (tertiary/aromatic N) is 3. The van der Waals surface area contributed by atoms with E-state index in [0.29, 0.717) is 0 Å². The molecular formula is C72H76BN3O. The smallest absolute Gasteiger partial charge is 0.252 e. The molecule has 0 radical (unpaired) electrons. The zero-order valence-electron chi connectivity index (χ0n) is 48.2. The fourth-order valence-corrected chi connectivity index (χ4v) is 14.1. The quantitative estimate of drug-likeness (QED) is 0.164. The van der Waals surface area contributed by atoms with Gasteiger partial charge in [0.25, 0.3) is 6.71 Å². The molecule has 0 saturated heterocycles. The van der Waals surface area contributed by atoms with Crippen molar-refractivity contribution in [2.75, 3.05) is 14.7 Å². The monoisotopic (exact) mass is 1010 g/mol. The number of rotatable bonds is 4. The number of anilines is 8. The van der Waals surface area contributed by atoms with Crippen LogP contribution in [-0.2, 0) is 27.1 Å². The highest BCUT2D eigenvalue weighted by atomic mass is 16.3. The molecule has 13 rings (SSSR count). The summed E-state index contributed by atoms with van der Waals surface area (Å²) in [7, 11) is 0. The molecule has 0 spiro atoms. The molecule has 4 aliphatic rings. The van der Waals surface area contributed by atoms with E-state index >= 15 is 0 Å². The van der Waals surface area contributed by atoms with Crippen LogP contribution in [0.3, 0.4) is 0 Å². The largest absolute Gasteiger partial charge is 0.454 e. The van der Waals surface area contributed by atoms with Gasteiger partial charge in [-0.15, -0.1) is 0 Å². The van der Waals surface area contributed by atoms with Crippen LogP contribution in [0.5, 0.6) is 0 Å². The maximum Gasteiger partial charge on any atom is 0.252 e. The first kappa shape index (κ1) is 49.6. The predicted octanol–water partition coefficient (Wildman–Crippen LogP) is 18.3. The molecule has 0 bridgehead atoms. The van der Waals surface area contributed by atoms with Gasteiger partial charge >= 0.3 is 0 Å². The minimum Gasteiger partial charge on any atom is -0.454 e. The van der Waals surface area contributed by atoms with E-state index in [9.17, 15) is 0 Å². The Kier molecular flexibility index (Phi) is 10.8. The molecule has 2 atom stereocenters. The summed E-state index contributed by atoms with van der Waals surface area (Å²) in [5.41, 5.74) is 24.1. The van der Waals surface area contributed by atoms with Gasteiger partial charge in [0, 0.05) is 55.9 Å². The lowest BCUT2D eigenvalue weighted by Gasteiger charge is -2.51. The number of fused-ring (bicyclic) bond motifs is 11. The van der Waals surface area contributed by atoms with Gasteiger partial charge in [0.2, 0.25) is 0 Å². The molecule has 5 heteroatoms. The zero-order chi connectivity index (χ0) is 53.9. The highest BCUT2D eigenvalue weighted by molar-refractivity contribution is 7.00. The SMILES string of the molecule is CC(C)(C)c1ccc(N2c3ccc(C(C)(C)C)cc3B3c4ccc5c(oc6ccccc65)c4N(c4ccc(C(C)(C)C)cc4-c4ccccc4)c4cc(N5c6ccc(C(C)(C)C)cc6C6(C)CCCCC56C)cc2c43)cc1. The molecule has 8 aromatic carbocycles. The van der Waals surface area contributed by atoms with Gasteiger partial charge in [-0.3, -0.25) is 0 Å². The Morgan fingerprint density at radius 3 is 1.70 bits per heavy atom. The molecule has 0 amide bonds. The average Bonchev–Trinajstić information content (AvgIpc) is 3.60. The third-order valence-electron chi connectivity index (χ3n) is 18.8. The van der Waals surface area contributed by atoms with Crippen molar-refractivity contribution < 1.29 is 4.42 Å². The van der Waals surface area contributed by atoms with Crippen LogP contribution in [0, 0.1) is 0 Å². The van der Waals surface area contributed by atoms with Crippen molar-refractivity contribution in [3.05, 3.63) is 186 Å². The van der Waals surface area contributed by atoms with Gasteiger partial charge < -0.3 is 19.1 Å². The third kappa shape index (κ3) is 7.45. The van der Waals surface area contributed by atoms with Crippen LogP contribution in [0.1, 0.15) is 150 Å². The van der Waals surface area contributed by atoms with E-state index < -0.39 is 0 Å². The van der Waals surface area contributed by atoms with Gasteiger partial charge in [-0.1, -0.05) is 206 Å². The van der Waals surface area contributed by atoms with Crippen LogP contribution < -0.4 is 31.1 Å². The van der Waals surface area contributed by atoms with Gasteiger partial charge in [0.1, 0.15) is 5.58 Å². The van der Waals surface area contributed by atoms with E-state index in [2.05, 4.69) is 269 Å². The molecule has 9 aromatic rings. The number of hydrogen-bond acceptors (Lipinski definition) is 4. The number of hydrogen-bond donors (Lipinski definition) is 0. The first-order chi connectivity index (χ1) is 36.5. The van der Waals surface area contributed by atoms with Gasteiger partial charge in [-0.25, -0.2) is 0 Å². The summed E-state index contributed by atoms with van der Waals surface area (Å²) in [4.78, 5) is 8.09. The first-order valence-electron chi connectivity index (χ1n) is 28.6. The van der Waals surface area contributed by atoms with E-state index in [1.165, 1.54) is 96.6 Å². The fraction of sp³-hybridized carbons (Fsp3) is 0.333. The molecule has 4 nitrogen and oxygen atoms in total. The van der Waals surface area contributed by atoms with Gasteiger partial charge in [-0.2, -0.15) is 0 Å². The summed E-state index contributed by atoms with van der Waals surface area (Å²) in [6, 6.07) is 61.3. The summed E-state index contributed by atoms with van der Waals surface area (Å²) in [5, 5.41) is 2.26. The van der Waals surface area contributed by atoms with Crippen molar-refractivity contribution in [1.29, 1.82) is 0 Å². The van der Waals surface area contributed by atoms with E-state index in [1.54, 1.807) is 0 Å². The lowest BCUT2D eigenvalue weighted by atomic mass is 9.33. The van der Waals surface area contributed by atoms with Crippen molar-refractivity contribution in [3.8, 4) is 11.1 Å². The van der Waals surface area contributed by atoms with Crippen LogP contribution in [-0.4, -0.2) is 12.3 Å². The van der Waals surface area contributed by atoms with Gasteiger partial charge in [0.15, 0.2) is 5.58 Å². The third-order valence-corrected chi connectivity index (χ3v) is 18.8. The normalized spacial score (nSPS) is 19.1. The number of benzene rings is 8. The molecule has 1 fully saturated rings. The van der Waals surface area contributed by atoms with Crippen molar-refractivity contribution in [3.63, 3.8) is 0 Å². The molecule has 1 aliphatic carbocycles. The Labute approximate surface area is 459 Å². The van der Waals surface area contributed by atoms with Gasteiger partial charge in [-0.05, 0) is 146 Å². The van der Waals surface area contributed by atoms with Crippen LogP contribution in [0.25, 0.3) is 33.1 Å². The molecule has 1 aromatic heterocycles. The molecule has 4 heterocycles. The van der Waals surface area contributed by atoms with Crippen molar-refractivity contribution >= 4 is 90.5 Å². The van der Waals surface area contributed by atoms with E-state index in [0.717, 1.165) is 51.8 Å². The van der Waals surface area contributed by atoms with E-state index in [1.807, 2.05) is 0 Å². The molecule has 3 aliphatic heterocycles. The Morgan fingerprint density at radius 1 is 0.455 bits per heavy atom. The second-order valence-corrected chi connectivity index (χ2v) is 27.8. The molecule has 0 N–H and O–H groups in total. The second kappa shape index (κ2) is 16.8. The Bertz CT molecular complexity index is 3860. The highest BCUT2D eigenvalue weighted by Gasteiger charge is 2.58. The standard InChI is InChI=1S/C72H76BN3O/c1-67(2,3)46-26-31-50(32-27-46)74-60-37-30-49(70(10,11)12)42-57(60)73-56-34-33-53-52-24-18-19-25-63(52)77-66(53)65(56)75(58-35-28-47(68(4,5)6)40-54(58)45-22-16-15-17-23-45)62-44-51(43-61(74)64(62)73)76-59-36-29-48(69(7,8)9)41-55(59)71(13)38-20-21-39-72(71,76)14/h15-19,22-37,40-44H,20-21,38-39H2,1-14H3. The van der Waals surface area contributed by atoms with E-state index in [-0.39, 0.29) is 39.3 Å². The lowest BCUT2D eigenvalue weighted by Crippen LogP contribution is -2.61. The van der Waals surface area contributed by atoms with Gasteiger partial charge in [0.05, 0.1) is 16.9 Å². The average molecular weight is 1010 g/mol. The van der Waals surface area contributed by atoms with Crippen molar-refractivity contribution in [2.45, 2.75) is 155 Å². The predicted molar refractivity (Wildman–Crippen MR) is 331 cm³/mol. The zero-order valence-corrected chi connectivity index (χ0v) is 48.2. The molecule has 2 unspecified atom stereocenters. The topological polar surface area (TPSA) is 22.9 Å². The molecule has 388 valence electrons. The number of para-hydroxylation sites is 1.